The van der Waals surface area contributed by atoms with Crippen LogP contribution < -0.4 is 0 Å². The van der Waals surface area contributed by atoms with Gasteiger partial charge < -0.3 is 4.90 Å². The lowest BCUT2D eigenvalue weighted by Crippen LogP contribution is -2.33. The fourth-order valence-electron chi connectivity index (χ4n) is 1.61. The van der Waals surface area contributed by atoms with E-state index >= 15 is 0 Å². The number of hydrogen-bond acceptors (Lipinski definition) is 3. The van der Waals surface area contributed by atoms with Crippen molar-refractivity contribution in [3.63, 3.8) is 0 Å². The van der Waals surface area contributed by atoms with E-state index in [2.05, 4.69) is 18.7 Å². The highest BCUT2D eigenvalue weighted by molar-refractivity contribution is 7.81. The van der Waals surface area contributed by atoms with Gasteiger partial charge in [0.2, 0.25) is 5.91 Å². The van der Waals surface area contributed by atoms with E-state index in [1.165, 1.54) is 6.92 Å². The van der Waals surface area contributed by atoms with Crippen LogP contribution in [0, 0.1) is 17.2 Å². The van der Waals surface area contributed by atoms with Gasteiger partial charge >= 0.3 is 0 Å². The van der Waals surface area contributed by atoms with Crippen LogP contribution in [-0.4, -0.2) is 28.6 Å². The molecule has 1 amide bonds. The first-order chi connectivity index (χ1) is 5.57. The standard InChI is InChI=1S/C8H12N2OS/c1-5-7(3-9)8(12)4-10(5)6(2)11/h5,7-8,12H,4H2,1-2H3. The average Bonchev–Trinajstić information content (AvgIpc) is 2.27. The molecule has 0 radical (unpaired) electrons. The fourth-order valence-corrected chi connectivity index (χ4v) is 2.10. The second kappa shape index (κ2) is 3.36. The first-order valence-corrected chi connectivity index (χ1v) is 4.44. The fraction of sp³-hybridized carbons (Fsp3) is 0.750. The Labute approximate surface area is 77.8 Å². The minimum atomic E-state index is -0.128. The predicted octanol–water partition coefficient (Wildman–Crippen LogP) is 0.675. The van der Waals surface area contributed by atoms with Crippen LogP contribution in [0.2, 0.25) is 0 Å². The van der Waals surface area contributed by atoms with Crippen molar-refractivity contribution in [1.29, 1.82) is 5.26 Å². The van der Waals surface area contributed by atoms with Gasteiger partial charge in [0.05, 0.1) is 12.0 Å². The van der Waals surface area contributed by atoms with E-state index in [4.69, 9.17) is 5.26 Å². The van der Waals surface area contributed by atoms with Gasteiger partial charge in [-0.05, 0) is 6.92 Å². The predicted molar refractivity (Wildman–Crippen MR) is 48.7 cm³/mol. The van der Waals surface area contributed by atoms with Crippen LogP contribution in [-0.2, 0) is 4.79 Å². The maximum absolute atomic E-state index is 11.0. The van der Waals surface area contributed by atoms with Crippen molar-refractivity contribution in [2.75, 3.05) is 6.54 Å². The summed E-state index contributed by atoms with van der Waals surface area (Å²) >= 11 is 4.26. The van der Waals surface area contributed by atoms with Gasteiger partial charge in [0.25, 0.3) is 0 Å². The first-order valence-electron chi connectivity index (χ1n) is 3.92. The highest BCUT2D eigenvalue weighted by Crippen LogP contribution is 2.27. The van der Waals surface area contributed by atoms with E-state index in [0.717, 1.165) is 0 Å². The van der Waals surface area contributed by atoms with Crippen LogP contribution >= 0.6 is 12.6 Å². The zero-order valence-electron chi connectivity index (χ0n) is 7.19. The molecule has 0 N–H and O–H groups in total. The highest BCUT2D eigenvalue weighted by Gasteiger charge is 2.38. The molecular weight excluding hydrogens is 172 g/mol. The molecule has 1 heterocycles. The Morgan fingerprint density at radius 1 is 1.75 bits per heavy atom. The summed E-state index contributed by atoms with van der Waals surface area (Å²) in [4.78, 5) is 12.7. The molecule has 1 aliphatic rings. The van der Waals surface area contributed by atoms with Gasteiger partial charge in [-0.2, -0.15) is 17.9 Å². The van der Waals surface area contributed by atoms with Gasteiger partial charge in [-0.3, -0.25) is 4.79 Å². The number of nitrogens with zero attached hydrogens (tertiary/aromatic N) is 2. The minimum Gasteiger partial charge on any atom is -0.338 e. The van der Waals surface area contributed by atoms with E-state index in [1.54, 1.807) is 4.90 Å². The number of amides is 1. The second-order valence-corrected chi connectivity index (χ2v) is 3.80. The summed E-state index contributed by atoms with van der Waals surface area (Å²) in [5.74, 6) is -0.100. The molecule has 0 aromatic carbocycles. The van der Waals surface area contributed by atoms with Crippen LogP contribution in [0.25, 0.3) is 0 Å². The van der Waals surface area contributed by atoms with Gasteiger partial charge in [-0.25, -0.2) is 0 Å². The summed E-state index contributed by atoms with van der Waals surface area (Å²) < 4.78 is 0. The normalized spacial score (nSPS) is 34.8. The maximum atomic E-state index is 11.0. The zero-order valence-corrected chi connectivity index (χ0v) is 8.08. The molecule has 3 atom stereocenters. The molecule has 66 valence electrons. The van der Waals surface area contributed by atoms with Crippen LogP contribution in [0.5, 0.6) is 0 Å². The van der Waals surface area contributed by atoms with E-state index in [-0.39, 0.29) is 23.1 Å². The number of carbonyl (C=O) groups is 1. The molecule has 0 spiro atoms. The van der Waals surface area contributed by atoms with Gasteiger partial charge in [-0.1, -0.05) is 0 Å². The SMILES string of the molecule is CC(=O)N1CC(S)C(C#N)C1C. The number of hydrogen-bond donors (Lipinski definition) is 1. The van der Waals surface area contributed by atoms with E-state index in [1.807, 2.05) is 6.92 Å². The number of thiol groups is 1. The van der Waals surface area contributed by atoms with Gasteiger partial charge in [-0.15, -0.1) is 0 Å². The van der Waals surface area contributed by atoms with E-state index < -0.39 is 0 Å². The Morgan fingerprint density at radius 3 is 2.58 bits per heavy atom. The van der Waals surface area contributed by atoms with Gasteiger partial charge in [0, 0.05) is 24.8 Å². The number of rotatable bonds is 0. The molecular formula is C8H12N2OS. The molecule has 1 saturated heterocycles. The first kappa shape index (κ1) is 9.40. The summed E-state index contributed by atoms with van der Waals surface area (Å²) in [6, 6.07) is 2.19. The lowest BCUT2D eigenvalue weighted by atomic mass is 10.0. The molecule has 4 heteroatoms. The van der Waals surface area contributed by atoms with Crippen molar-refractivity contribution >= 4 is 18.5 Å². The highest BCUT2D eigenvalue weighted by atomic mass is 32.1. The monoisotopic (exact) mass is 184 g/mol. The zero-order chi connectivity index (χ0) is 9.30. The molecule has 0 aromatic rings. The van der Waals surface area contributed by atoms with Crippen molar-refractivity contribution < 1.29 is 4.79 Å². The number of nitriles is 1. The summed E-state index contributed by atoms with van der Waals surface area (Å²) in [5.41, 5.74) is 0. The minimum absolute atomic E-state index is 0.00824. The van der Waals surface area contributed by atoms with E-state index in [9.17, 15) is 4.79 Å². The summed E-state index contributed by atoms with van der Waals surface area (Å²) in [5, 5.41) is 8.78. The number of likely N-dealkylation sites (tertiary alicyclic amines) is 1. The van der Waals surface area contributed by atoms with Crippen molar-refractivity contribution in [3.8, 4) is 6.07 Å². The molecule has 0 saturated carbocycles. The Bertz CT molecular complexity index is 236. The third-order valence-corrected chi connectivity index (χ3v) is 2.85. The van der Waals surface area contributed by atoms with E-state index in [0.29, 0.717) is 6.54 Å². The quantitative estimate of drug-likeness (QED) is 0.562. The molecule has 12 heavy (non-hydrogen) atoms. The Kier molecular flexibility index (Phi) is 2.63. The lowest BCUT2D eigenvalue weighted by molar-refractivity contribution is -0.129. The molecule has 1 rings (SSSR count). The molecule has 1 aliphatic heterocycles. The molecule has 1 fully saturated rings. The summed E-state index contributed by atoms with van der Waals surface area (Å²) in [7, 11) is 0. The van der Waals surface area contributed by atoms with Crippen molar-refractivity contribution in [2.24, 2.45) is 5.92 Å². The average molecular weight is 184 g/mol. The molecule has 3 unspecified atom stereocenters. The second-order valence-electron chi connectivity index (χ2n) is 3.13. The Balaban J connectivity index is 2.76. The smallest absolute Gasteiger partial charge is 0.219 e. The molecule has 0 bridgehead atoms. The van der Waals surface area contributed by atoms with Crippen molar-refractivity contribution in [3.05, 3.63) is 0 Å². The maximum Gasteiger partial charge on any atom is 0.219 e. The van der Waals surface area contributed by atoms with Crippen molar-refractivity contribution in [1.82, 2.24) is 4.90 Å². The van der Waals surface area contributed by atoms with Crippen LogP contribution in [0.1, 0.15) is 13.8 Å². The Morgan fingerprint density at radius 2 is 2.33 bits per heavy atom. The van der Waals surface area contributed by atoms with Gasteiger partial charge in [0.1, 0.15) is 0 Å². The summed E-state index contributed by atoms with van der Waals surface area (Å²) in [6.07, 6.45) is 0. The third-order valence-electron chi connectivity index (χ3n) is 2.36. The molecule has 0 aromatic heterocycles. The number of carbonyl (C=O) groups excluding carboxylic acids is 1. The molecule has 3 nitrogen and oxygen atoms in total. The van der Waals surface area contributed by atoms with Crippen LogP contribution in [0.3, 0.4) is 0 Å². The van der Waals surface area contributed by atoms with Crippen LogP contribution in [0.4, 0.5) is 0 Å². The summed E-state index contributed by atoms with van der Waals surface area (Å²) in [6.45, 7) is 4.01. The topological polar surface area (TPSA) is 44.1 Å². The molecule has 0 aliphatic carbocycles. The van der Waals surface area contributed by atoms with Crippen molar-refractivity contribution in [2.45, 2.75) is 25.1 Å². The van der Waals surface area contributed by atoms with Crippen LogP contribution in [0.15, 0.2) is 0 Å². The van der Waals surface area contributed by atoms with Gasteiger partial charge in [0.15, 0.2) is 0 Å². The third kappa shape index (κ3) is 1.42. The Hall–Kier alpha value is -0.690. The largest absolute Gasteiger partial charge is 0.338 e. The lowest BCUT2D eigenvalue weighted by Gasteiger charge is -2.19.